The maximum absolute atomic E-state index is 12.7. The van der Waals surface area contributed by atoms with E-state index >= 15 is 0 Å². The lowest BCUT2D eigenvalue weighted by Crippen LogP contribution is -2.50. The van der Waals surface area contributed by atoms with Crippen LogP contribution in [0.25, 0.3) is 0 Å². The zero-order valence-corrected chi connectivity index (χ0v) is 20.3. The van der Waals surface area contributed by atoms with Gasteiger partial charge in [0, 0.05) is 31.1 Å². The second-order valence-electron chi connectivity index (χ2n) is 8.25. The largest absolute Gasteiger partial charge is 0.462 e. The van der Waals surface area contributed by atoms with E-state index in [0.717, 1.165) is 35.3 Å². The number of hydrogen-bond acceptors (Lipinski definition) is 7. The van der Waals surface area contributed by atoms with Crippen LogP contribution in [-0.4, -0.2) is 68.8 Å². The van der Waals surface area contributed by atoms with Crippen LogP contribution in [0.5, 0.6) is 0 Å². The summed E-state index contributed by atoms with van der Waals surface area (Å²) in [6.45, 7) is 3.86. The molecule has 1 aliphatic carbocycles. The lowest BCUT2D eigenvalue weighted by Gasteiger charge is -2.33. The summed E-state index contributed by atoms with van der Waals surface area (Å²) in [5.74, 6) is -0.612. The molecule has 1 fully saturated rings. The Labute approximate surface area is 198 Å². The Hall–Kier alpha value is -2.27. The van der Waals surface area contributed by atoms with Crippen molar-refractivity contribution < 1.29 is 22.7 Å². The zero-order valence-electron chi connectivity index (χ0n) is 18.7. The molecule has 1 N–H and O–H groups in total. The number of amides is 1. The van der Waals surface area contributed by atoms with Gasteiger partial charge in [-0.25, -0.2) is 13.2 Å². The standard InChI is InChI=1S/C23H29N3O5S2/c1-2-31-23(28)21-18-9-6-10-19(18)32-22(21)24-20(27)15-25-11-13-26(14-12-25)33(29,30)16-17-7-4-3-5-8-17/h3-5,7-8H,2,6,9-16H2,1H3,(H,24,27). The number of nitrogens with one attached hydrogen (secondary N) is 1. The Bertz CT molecular complexity index is 1110. The molecule has 2 aliphatic rings. The third-order valence-electron chi connectivity index (χ3n) is 5.94. The topological polar surface area (TPSA) is 96.0 Å². The van der Waals surface area contributed by atoms with Gasteiger partial charge >= 0.3 is 5.97 Å². The smallest absolute Gasteiger partial charge is 0.341 e. The van der Waals surface area contributed by atoms with Gasteiger partial charge in [-0.3, -0.25) is 9.69 Å². The lowest BCUT2D eigenvalue weighted by atomic mass is 10.1. The van der Waals surface area contributed by atoms with Crippen LogP contribution in [-0.2, 0) is 38.1 Å². The van der Waals surface area contributed by atoms with Crippen molar-refractivity contribution in [3.63, 3.8) is 0 Å². The summed E-state index contributed by atoms with van der Waals surface area (Å²) in [7, 11) is -3.40. The predicted molar refractivity (Wildman–Crippen MR) is 128 cm³/mol. The number of hydrogen-bond donors (Lipinski definition) is 1. The van der Waals surface area contributed by atoms with Gasteiger partial charge in [0.25, 0.3) is 0 Å². The highest BCUT2D eigenvalue weighted by molar-refractivity contribution is 7.88. The fraction of sp³-hybridized carbons (Fsp3) is 0.478. The zero-order chi connectivity index (χ0) is 23.4. The Balaban J connectivity index is 1.33. The molecule has 2 aromatic rings. The van der Waals surface area contributed by atoms with E-state index in [1.165, 1.54) is 15.6 Å². The van der Waals surface area contributed by atoms with Crippen LogP contribution in [0, 0.1) is 0 Å². The van der Waals surface area contributed by atoms with Gasteiger partial charge in [-0.05, 0) is 37.3 Å². The number of carbonyl (C=O) groups is 2. The molecule has 1 aromatic heterocycles. The van der Waals surface area contributed by atoms with Gasteiger partial charge in [-0.1, -0.05) is 30.3 Å². The molecule has 1 aromatic carbocycles. The molecule has 0 saturated carbocycles. The second-order valence-corrected chi connectivity index (χ2v) is 11.3. The molecule has 178 valence electrons. The molecule has 1 aliphatic heterocycles. The molecule has 2 heterocycles. The van der Waals surface area contributed by atoms with E-state index in [1.54, 1.807) is 6.92 Å². The summed E-state index contributed by atoms with van der Waals surface area (Å²) in [4.78, 5) is 28.3. The first-order chi connectivity index (χ1) is 15.9. The summed E-state index contributed by atoms with van der Waals surface area (Å²) < 4.78 is 32.2. The first kappa shape index (κ1) is 23.9. The summed E-state index contributed by atoms with van der Waals surface area (Å²) in [5, 5.41) is 3.47. The highest BCUT2D eigenvalue weighted by Crippen LogP contribution is 2.39. The number of nitrogens with zero attached hydrogens (tertiary/aromatic N) is 2. The molecule has 0 spiro atoms. The molecular weight excluding hydrogens is 462 g/mol. The molecule has 0 bridgehead atoms. The summed E-state index contributed by atoms with van der Waals surface area (Å²) in [5.41, 5.74) is 2.27. The van der Waals surface area contributed by atoms with Crippen LogP contribution in [0.1, 0.15) is 39.7 Å². The average Bonchev–Trinajstić information content (AvgIpc) is 3.35. The first-order valence-electron chi connectivity index (χ1n) is 11.2. The quantitative estimate of drug-likeness (QED) is 0.570. The summed E-state index contributed by atoms with van der Waals surface area (Å²) in [6.07, 6.45) is 2.76. The number of anilines is 1. The van der Waals surface area contributed by atoms with Crippen molar-refractivity contribution in [2.45, 2.75) is 31.9 Å². The van der Waals surface area contributed by atoms with Gasteiger partial charge in [-0.15, -0.1) is 11.3 Å². The number of aryl methyl sites for hydroxylation is 1. The van der Waals surface area contributed by atoms with E-state index in [9.17, 15) is 18.0 Å². The van der Waals surface area contributed by atoms with Gasteiger partial charge in [0.2, 0.25) is 15.9 Å². The van der Waals surface area contributed by atoms with Crippen molar-refractivity contribution in [3.05, 3.63) is 51.9 Å². The number of thiophene rings is 1. The number of ether oxygens (including phenoxy) is 1. The maximum Gasteiger partial charge on any atom is 0.341 e. The minimum Gasteiger partial charge on any atom is -0.462 e. The number of carbonyl (C=O) groups excluding carboxylic acids is 2. The normalized spacial score (nSPS) is 17.0. The van der Waals surface area contributed by atoms with Gasteiger partial charge < -0.3 is 10.1 Å². The number of esters is 1. The van der Waals surface area contributed by atoms with E-state index in [0.29, 0.717) is 36.7 Å². The molecule has 0 atom stereocenters. The average molecular weight is 492 g/mol. The van der Waals surface area contributed by atoms with E-state index in [4.69, 9.17) is 4.74 Å². The number of rotatable bonds is 8. The molecule has 0 radical (unpaired) electrons. The number of sulfonamides is 1. The summed E-state index contributed by atoms with van der Waals surface area (Å²) in [6, 6.07) is 9.14. The molecule has 10 heteroatoms. The highest BCUT2D eigenvalue weighted by atomic mass is 32.2. The predicted octanol–water partition coefficient (Wildman–Crippen LogP) is 2.50. The molecule has 1 amide bonds. The molecule has 4 rings (SSSR count). The lowest BCUT2D eigenvalue weighted by molar-refractivity contribution is -0.117. The van der Waals surface area contributed by atoms with Crippen LogP contribution < -0.4 is 5.32 Å². The Morgan fingerprint density at radius 1 is 1.09 bits per heavy atom. The fourth-order valence-electron chi connectivity index (χ4n) is 4.32. The van der Waals surface area contributed by atoms with E-state index in [1.807, 2.05) is 35.2 Å². The van der Waals surface area contributed by atoms with Crippen molar-refractivity contribution >= 4 is 38.2 Å². The van der Waals surface area contributed by atoms with Crippen molar-refractivity contribution in [3.8, 4) is 0 Å². The molecule has 8 nitrogen and oxygen atoms in total. The number of benzene rings is 1. The van der Waals surface area contributed by atoms with E-state index in [2.05, 4.69) is 5.32 Å². The number of fused-ring (bicyclic) bond motifs is 1. The minimum absolute atomic E-state index is 0.0198. The summed E-state index contributed by atoms with van der Waals surface area (Å²) >= 11 is 1.46. The second kappa shape index (κ2) is 10.3. The third-order valence-corrected chi connectivity index (χ3v) is 8.99. The van der Waals surface area contributed by atoms with Crippen molar-refractivity contribution in [1.29, 1.82) is 0 Å². The van der Waals surface area contributed by atoms with Crippen LogP contribution in [0.3, 0.4) is 0 Å². The van der Waals surface area contributed by atoms with E-state index < -0.39 is 10.0 Å². The monoisotopic (exact) mass is 491 g/mol. The molecular formula is C23H29N3O5S2. The Kier molecular flexibility index (Phi) is 7.48. The molecule has 0 unspecified atom stereocenters. The van der Waals surface area contributed by atoms with Crippen molar-refractivity contribution in [1.82, 2.24) is 9.21 Å². The van der Waals surface area contributed by atoms with Crippen LogP contribution in [0.15, 0.2) is 30.3 Å². The van der Waals surface area contributed by atoms with Crippen LogP contribution in [0.2, 0.25) is 0 Å². The van der Waals surface area contributed by atoms with Gasteiger partial charge in [-0.2, -0.15) is 4.31 Å². The third kappa shape index (κ3) is 5.63. The molecule has 1 saturated heterocycles. The highest BCUT2D eigenvalue weighted by Gasteiger charge is 2.30. The first-order valence-corrected chi connectivity index (χ1v) is 13.7. The van der Waals surface area contributed by atoms with Crippen LogP contribution in [0.4, 0.5) is 5.00 Å². The van der Waals surface area contributed by atoms with Gasteiger partial charge in [0.1, 0.15) is 5.00 Å². The Morgan fingerprint density at radius 2 is 1.82 bits per heavy atom. The van der Waals surface area contributed by atoms with E-state index in [-0.39, 0.29) is 30.8 Å². The molecule has 33 heavy (non-hydrogen) atoms. The Morgan fingerprint density at radius 3 is 2.52 bits per heavy atom. The minimum atomic E-state index is -3.40. The van der Waals surface area contributed by atoms with Crippen LogP contribution >= 0.6 is 11.3 Å². The van der Waals surface area contributed by atoms with Crippen molar-refractivity contribution in [2.24, 2.45) is 0 Å². The maximum atomic E-state index is 12.7. The SMILES string of the molecule is CCOC(=O)c1c(NC(=O)CN2CCN(S(=O)(=O)Cc3ccccc3)CC2)sc2c1CCC2. The van der Waals surface area contributed by atoms with Gasteiger partial charge in [0.05, 0.1) is 24.5 Å². The fourth-order valence-corrected chi connectivity index (χ4v) is 7.13. The number of piperazine rings is 1. The van der Waals surface area contributed by atoms with Gasteiger partial charge in [0.15, 0.2) is 0 Å². The van der Waals surface area contributed by atoms with Crippen molar-refractivity contribution in [2.75, 3.05) is 44.6 Å².